The summed E-state index contributed by atoms with van der Waals surface area (Å²) in [6.45, 7) is 2.83. The van der Waals surface area contributed by atoms with E-state index in [0.29, 0.717) is 66.5 Å². The topological polar surface area (TPSA) is 106 Å². The number of fused-ring (bicyclic) bond motifs is 1. The van der Waals surface area contributed by atoms with Crippen LogP contribution < -0.4 is 20.3 Å². The third-order valence-electron chi connectivity index (χ3n) is 5.13. The average Bonchev–Trinajstić information content (AvgIpc) is 2.85. The molecule has 2 heterocycles. The molecule has 0 fully saturated rings. The average molecular weight is 459 g/mol. The van der Waals surface area contributed by atoms with Gasteiger partial charge in [0.15, 0.2) is 11.5 Å². The Morgan fingerprint density at radius 1 is 1.03 bits per heavy atom. The number of para-hydroxylation sites is 3. The van der Waals surface area contributed by atoms with Crippen LogP contribution in [-0.4, -0.2) is 27.5 Å². The highest BCUT2D eigenvalue weighted by Gasteiger charge is 2.08. The Bertz CT molecular complexity index is 1320. The number of nitrogens with one attached hydrogen (secondary N) is 2. The number of aryl methyl sites for hydroxylation is 1. The van der Waals surface area contributed by atoms with Gasteiger partial charge in [-0.2, -0.15) is 0 Å². The largest absolute Gasteiger partial charge is 0.490 e. The van der Waals surface area contributed by atoms with Crippen LogP contribution >= 0.6 is 0 Å². The lowest BCUT2D eigenvalue weighted by Gasteiger charge is -2.11. The van der Waals surface area contributed by atoms with E-state index in [1.54, 1.807) is 24.4 Å². The third kappa shape index (κ3) is 5.98. The highest BCUT2D eigenvalue weighted by atomic mass is 16.5. The molecule has 0 spiro atoms. The fraction of sp³-hybridized carbons (Fsp3) is 0.231. The zero-order valence-electron chi connectivity index (χ0n) is 18.9. The lowest BCUT2D eigenvalue weighted by atomic mass is 10.2. The molecule has 0 aliphatic carbocycles. The number of rotatable bonds is 10. The Labute approximate surface area is 197 Å². The molecule has 0 radical (unpaired) electrons. The molecule has 4 rings (SSSR count). The minimum absolute atomic E-state index is 0.0749. The Balaban J connectivity index is 1.24. The number of pyridine rings is 1. The quantitative estimate of drug-likeness (QED) is 0.370. The molecule has 2 aromatic carbocycles. The maximum atomic E-state index is 12.2. The molecule has 34 heavy (non-hydrogen) atoms. The Hall–Kier alpha value is -4.20. The monoisotopic (exact) mass is 458 g/mol. The van der Waals surface area contributed by atoms with Crippen molar-refractivity contribution in [3.8, 4) is 17.4 Å². The number of amides is 1. The minimum Gasteiger partial charge on any atom is -0.490 e. The highest BCUT2D eigenvalue weighted by molar-refractivity contribution is 5.77. The molecular weight excluding hydrogens is 432 g/mol. The molecule has 174 valence electrons. The van der Waals surface area contributed by atoms with Gasteiger partial charge >= 0.3 is 0 Å². The summed E-state index contributed by atoms with van der Waals surface area (Å²) in [4.78, 5) is 35.9. The van der Waals surface area contributed by atoms with Gasteiger partial charge in [0, 0.05) is 31.6 Å². The zero-order chi connectivity index (χ0) is 23.8. The number of nitrogens with zero attached hydrogens (tertiary/aromatic N) is 2. The summed E-state index contributed by atoms with van der Waals surface area (Å²) in [5.74, 6) is 2.21. The predicted molar refractivity (Wildman–Crippen MR) is 129 cm³/mol. The first-order valence-electron chi connectivity index (χ1n) is 11.2. The van der Waals surface area contributed by atoms with Crippen molar-refractivity contribution in [3.63, 3.8) is 0 Å². The van der Waals surface area contributed by atoms with Crippen molar-refractivity contribution in [1.82, 2.24) is 20.3 Å². The van der Waals surface area contributed by atoms with E-state index in [9.17, 15) is 9.59 Å². The summed E-state index contributed by atoms with van der Waals surface area (Å²) in [6, 6.07) is 18.2. The van der Waals surface area contributed by atoms with E-state index in [4.69, 9.17) is 9.47 Å². The lowest BCUT2D eigenvalue weighted by molar-refractivity contribution is -0.121. The summed E-state index contributed by atoms with van der Waals surface area (Å²) >= 11 is 0. The van der Waals surface area contributed by atoms with Gasteiger partial charge in [0.05, 0.1) is 17.5 Å². The molecule has 8 nitrogen and oxygen atoms in total. The number of ether oxygens (including phenoxy) is 2. The second-order valence-electron chi connectivity index (χ2n) is 7.65. The summed E-state index contributed by atoms with van der Waals surface area (Å²) in [5, 5.41) is 3.45. The number of carbonyl (C=O) groups excluding carboxylic acids is 1. The van der Waals surface area contributed by atoms with E-state index in [1.165, 1.54) is 0 Å². The number of aromatic nitrogens is 3. The van der Waals surface area contributed by atoms with Crippen molar-refractivity contribution in [2.75, 3.05) is 6.61 Å². The molecule has 0 saturated heterocycles. The first-order chi connectivity index (χ1) is 16.6. The van der Waals surface area contributed by atoms with Crippen LogP contribution in [-0.2, 0) is 17.8 Å². The van der Waals surface area contributed by atoms with Crippen LogP contribution in [0, 0.1) is 0 Å². The van der Waals surface area contributed by atoms with E-state index in [2.05, 4.69) is 20.3 Å². The van der Waals surface area contributed by atoms with Crippen molar-refractivity contribution >= 4 is 16.8 Å². The lowest BCUT2D eigenvalue weighted by Crippen LogP contribution is -2.22. The highest BCUT2D eigenvalue weighted by Crippen LogP contribution is 2.30. The number of hydrogen-bond donors (Lipinski definition) is 2. The van der Waals surface area contributed by atoms with Crippen LogP contribution in [0.3, 0.4) is 0 Å². The molecule has 0 unspecified atom stereocenters. The van der Waals surface area contributed by atoms with E-state index < -0.39 is 0 Å². The molecule has 0 atom stereocenters. The van der Waals surface area contributed by atoms with Crippen LogP contribution in [0.1, 0.15) is 31.2 Å². The maximum absolute atomic E-state index is 12.2. The fourth-order valence-electron chi connectivity index (χ4n) is 3.46. The second kappa shape index (κ2) is 11.1. The molecule has 8 heteroatoms. The molecule has 4 aromatic rings. The van der Waals surface area contributed by atoms with E-state index >= 15 is 0 Å². The van der Waals surface area contributed by atoms with Crippen molar-refractivity contribution in [3.05, 3.63) is 88.6 Å². The maximum Gasteiger partial charge on any atom is 0.258 e. The summed E-state index contributed by atoms with van der Waals surface area (Å²) in [7, 11) is 0. The van der Waals surface area contributed by atoms with E-state index in [-0.39, 0.29) is 11.5 Å². The first kappa shape index (κ1) is 23.0. The molecule has 2 N–H and O–H groups in total. The van der Waals surface area contributed by atoms with Crippen LogP contribution in [0.2, 0.25) is 0 Å². The van der Waals surface area contributed by atoms with Gasteiger partial charge in [-0.3, -0.25) is 9.59 Å². The van der Waals surface area contributed by atoms with Crippen molar-refractivity contribution in [2.45, 2.75) is 32.7 Å². The van der Waals surface area contributed by atoms with Gasteiger partial charge in [-0.05, 0) is 43.2 Å². The molecule has 0 bridgehead atoms. The summed E-state index contributed by atoms with van der Waals surface area (Å²) in [5.41, 5.74) is 1.36. The number of hydrogen-bond acceptors (Lipinski definition) is 6. The van der Waals surface area contributed by atoms with Gasteiger partial charge in [-0.25, -0.2) is 9.97 Å². The molecule has 0 saturated carbocycles. The SMILES string of the molecule is CCOc1ccccc1Oc1ccc(CNC(=O)CCCc2nc3ccccc3c(=O)[nH]2)cn1. The molecule has 0 aliphatic heterocycles. The fourth-order valence-corrected chi connectivity index (χ4v) is 3.46. The summed E-state index contributed by atoms with van der Waals surface area (Å²) in [6.07, 6.45) is 3.10. The van der Waals surface area contributed by atoms with Gasteiger partial charge in [0.2, 0.25) is 11.8 Å². The van der Waals surface area contributed by atoms with Gasteiger partial charge in [0.25, 0.3) is 5.56 Å². The van der Waals surface area contributed by atoms with Crippen molar-refractivity contribution in [1.29, 1.82) is 0 Å². The molecule has 0 aliphatic rings. The van der Waals surface area contributed by atoms with Crippen molar-refractivity contribution in [2.24, 2.45) is 0 Å². The number of H-pyrrole nitrogens is 1. The van der Waals surface area contributed by atoms with Crippen LogP contribution in [0.25, 0.3) is 10.9 Å². The Morgan fingerprint density at radius 2 is 1.82 bits per heavy atom. The smallest absolute Gasteiger partial charge is 0.258 e. The number of benzene rings is 2. The van der Waals surface area contributed by atoms with Crippen LogP contribution in [0.5, 0.6) is 17.4 Å². The zero-order valence-corrected chi connectivity index (χ0v) is 18.9. The molecule has 2 aromatic heterocycles. The van der Waals surface area contributed by atoms with Gasteiger partial charge in [-0.15, -0.1) is 0 Å². The normalized spacial score (nSPS) is 10.7. The van der Waals surface area contributed by atoms with Crippen LogP contribution in [0.15, 0.2) is 71.7 Å². The third-order valence-corrected chi connectivity index (χ3v) is 5.13. The van der Waals surface area contributed by atoms with Gasteiger partial charge in [-0.1, -0.05) is 30.3 Å². The van der Waals surface area contributed by atoms with Gasteiger partial charge in [0.1, 0.15) is 5.82 Å². The van der Waals surface area contributed by atoms with Gasteiger partial charge < -0.3 is 19.8 Å². The first-order valence-corrected chi connectivity index (χ1v) is 11.2. The minimum atomic E-state index is -0.161. The number of carbonyl (C=O) groups is 1. The molecule has 1 amide bonds. The second-order valence-corrected chi connectivity index (χ2v) is 7.65. The molecular formula is C26H26N4O4. The van der Waals surface area contributed by atoms with Crippen LogP contribution in [0.4, 0.5) is 0 Å². The Kier molecular flexibility index (Phi) is 7.49. The Morgan fingerprint density at radius 3 is 2.62 bits per heavy atom. The predicted octanol–water partition coefficient (Wildman–Crippen LogP) is 4.15. The van der Waals surface area contributed by atoms with Crippen molar-refractivity contribution < 1.29 is 14.3 Å². The standard InChI is InChI=1S/C26H26N4O4/c1-2-33-21-10-5-6-11-22(21)34-25-15-14-18(17-28-25)16-27-24(31)13-7-12-23-29-20-9-4-3-8-19(20)26(32)30-23/h3-6,8-11,14-15,17H,2,7,12-13,16H2,1H3,(H,27,31)(H,29,30,32). The summed E-state index contributed by atoms with van der Waals surface area (Å²) < 4.78 is 11.4. The number of aromatic amines is 1. The van der Waals surface area contributed by atoms with E-state index in [0.717, 1.165) is 5.56 Å². The van der Waals surface area contributed by atoms with E-state index in [1.807, 2.05) is 49.4 Å².